The molecule has 10 heavy (non-hydrogen) atoms. The van der Waals surface area contributed by atoms with E-state index in [1.807, 2.05) is 0 Å². The Bertz CT molecular complexity index is 289. The first-order valence-electron chi connectivity index (χ1n) is 2.58. The highest BCUT2D eigenvalue weighted by atomic mass is 32.2. The lowest BCUT2D eigenvalue weighted by atomic mass is 10.3. The monoisotopic (exact) mass is 149 g/mol. The molecule has 0 unspecified atom stereocenters. The van der Waals surface area contributed by atoms with Crippen LogP contribution in [0.15, 0.2) is 29.5 Å². The topological polar surface area (TPSA) is 40.9 Å². The highest BCUT2D eigenvalue weighted by Crippen LogP contribution is 2.11. The van der Waals surface area contributed by atoms with Crippen molar-refractivity contribution >= 4 is 16.9 Å². The predicted molar refractivity (Wildman–Crippen MR) is 38.9 cm³/mol. The minimum atomic E-state index is -0.243. The lowest BCUT2D eigenvalue weighted by molar-refractivity contribution is -0.107. The zero-order valence-electron chi connectivity index (χ0n) is 5.00. The maximum absolute atomic E-state index is 10.8. The van der Waals surface area contributed by atoms with E-state index in [-0.39, 0.29) is 5.12 Å². The van der Waals surface area contributed by atoms with Gasteiger partial charge in [-0.05, 0) is 12.2 Å². The van der Waals surface area contributed by atoms with Gasteiger partial charge < -0.3 is 0 Å². The fourth-order valence-corrected chi connectivity index (χ4v) is 0.874. The second kappa shape index (κ2) is 3.07. The molecule has 1 rings (SSSR count). The number of nitriles is 1. The molecule has 48 valence electrons. The molecule has 0 fully saturated rings. The van der Waals surface area contributed by atoms with Gasteiger partial charge in [0.1, 0.15) is 5.40 Å². The van der Waals surface area contributed by atoms with E-state index in [1.54, 1.807) is 23.6 Å². The smallest absolute Gasteiger partial charge is 0.241 e. The number of allylic oxidation sites excluding steroid dienone is 2. The van der Waals surface area contributed by atoms with Crippen molar-refractivity contribution in [3.05, 3.63) is 29.5 Å². The van der Waals surface area contributed by atoms with E-state index >= 15 is 0 Å². The minimum absolute atomic E-state index is 0.243. The van der Waals surface area contributed by atoms with Gasteiger partial charge in [0.15, 0.2) is 0 Å². The Morgan fingerprint density at radius 1 is 1.80 bits per heavy atom. The molecular formula is C7H3NOS. The highest BCUT2D eigenvalue weighted by molar-refractivity contribution is 8.18. The Hall–Kier alpha value is -1.23. The van der Waals surface area contributed by atoms with Crippen LogP contribution in [0.25, 0.3) is 0 Å². The second-order valence-corrected chi connectivity index (χ2v) is 2.32. The predicted octanol–water partition coefficient (Wildman–Crippen LogP) is 1.38. The molecule has 0 atom stereocenters. The summed E-state index contributed by atoms with van der Waals surface area (Å²) < 4.78 is 0. The lowest BCUT2D eigenvalue weighted by Gasteiger charge is -1.85. The van der Waals surface area contributed by atoms with Crippen molar-refractivity contribution in [3.63, 3.8) is 0 Å². The molecule has 1 aliphatic carbocycles. The molecule has 0 aromatic carbocycles. The van der Waals surface area contributed by atoms with Crippen LogP contribution in [0, 0.1) is 10.7 Å². The first-order valence-corrected chi connectivity index (χ1v) is 3.40. The van der Waals surface area contributed by atoms with Gasteiger partial charge in [-0.1, -0.05) is 6.08 Å². The van der Waals surface area contributed by atoms with Gasteiger partial charge >= 0.3 is 0 Å². The molecule has 0 aromatic heterocycles. The molecule has 3 heteroatoms. The van der Waals surface area contributed by atoms with Crippen LogP contribution < -0.4 is 0 Å². The van der Waals surface area contributed by atoms with E-state index in [4.69, 9.17) is 5.26 Å². The summed E-state index contributed by atoms with van der Waals surface area (Å²) in [6.07, 6.45) is 4.99. The summed E-state index contributed by atoms with van der Waals surface area (Å²) in [4.78, 5) is 10.8. The van der Waals surface area contributed by atoms with E-state index in [0.717, 1.165) is 0 Å². The maximum Gasteiger partial charge on any atom is 0.241 e. The third kappa shape index (κ3) is 1.38. The fraction of sp³-hybridized carbons (Fsp3) is 0. The third-order valence-corrected chi connectivity index (χ3v) is 1.45. The van der Waals surface area contributed by atoms with Crippen LogP contribution in [0.1, 0.15) is 0 Å². The standard InChI is InChI=1S/C7H3NOS/c8-5-10-7(9)6-3-1-2-4-6/h1-3H. The first-order chi connectivity index (χ1) is 4.84. The summed E-state index contributed by atoms with van der Waals surface area (Å²) >= 11 is 0.624. The van der Waals surface area contributed by atoms with Crippen LogP contribution in [0.4, 0.5) is 0 Å². The van der Waals surface area contributed by atoms with Crippen LogP contribution in [0.2, 0.25) is 0 Å². The molecule has 0 saturated carbocycles. The summed E-state index contributed by atoms with van der Waals surface area (Å²) in [5, 5.41) is 9.57. The molecule has 0 bridgehead atoms. The van der Waals surface area contributed by atoms with Crippen LogP contribution in [-0.2, 0) is 4.79 Å². The molecule has 0 aliphatic heterocycles. The maximum atomic E-state index is 10.8. The van der Waals surface area contributed by atoms with Gasteiger partial charge in [0.05, 0.1) is 5.57 Å². The zero-order valence-corrected chi connectivity index (χ0v) is 5.81. The number of thiocyanates is 1. The van der Waals surface area contributed by atoms with E-state index < -0.39 is 0 Å². The first kappa shape index (κ1) is 6.88. The zero-order chi connectivity index (χ0) is 7.40. The van der Waals surface area contributed by atoms with Crippen LogP contribution in [-0.4, -0.2) is 5.12 Å². The third-order valence-electron chi connectivity index (χ3n) is 0.956. The summed E-state index contributed by atoms with van der Waals surface area (Å²) in [5.41, 5.74) is 3.16. The Morgan fingerprint density at radius 3 is 3.10 bits per heavy atom. The Morgan fingerprint density at radius 2 is 2.60 bits per heavy atom. The SMILES string of the molecule is N#CSC(=O)C1=C=CC=C1. The van der Waals surface area contributed by atoms with E-state index in [2.05, 4.69) is 5.73 Å². The van der Waals surface area contributed by atoms with Crippen LogP contribution >= 0.6 is 11.8 Å². The number of hydrogen-bond acceptors (Lipinski definition) is 3. The lowest BCUT2D eigenvalue weighted by Crippen LogP contribution is -1.89. The molecule has 0 heterocycles. The van der Waals surface area contributed by atoms with Gasteiger partial charge in [-0.15, -0.1) is 5.73 Å². The minimum Gasteiger partial charge on any atom is -0.280 e. The average Bonchev–Trinajstić information content (AvgIpc) is 2.38. The van der Waals surface area contributed by atoms with Crippen molar-refractivity contribution in [1.82, 2.24) is 0 Å². The van der Waals surface area contributed by atoms with Gasteiger partial charge in [-0.25, -0.2) is 0 Å². The van der Waals surface area contributed by atoms with Gasteiger partial charge in [0.25, 0.3) is 0 Å². The molecule has 0 radical (unpaired) electrons. The summed E-state index contributed by atoms with van der Waals surface area (Å²) in [6.45, 7) is 0. The molecule has 2 nitrogen and oxygen atoms in total. The van der Waals surface area contributed by atoms with Gasteiger partial charge in [0.2, 0.25) is 5.12 Å². The quantitative estimate of drug-likeness (QED) is 0.417. The van der Waals surface area contributed by atoms with Crippen molar-refractivity contribution in [2.24, 2.45) is 0 Å². The normalized spacial score (nSPS) is 12.9. The number of hydrogen-bond donors (Lipinski definition) is 0. The van der Waals surface area contributed by atoms with Crippen LogP contribution in [0.3, 0.4) is 0 Å². The van der Waals surface area contributed by atoms with Crippen LogP contribution in [0.5, 0.6) is 0 Å². The van der Waals surface area contributed by atoms with Crippen molar-refractivity contribution in [3.8, 4) is 5.40 Å². The molecule has 0 N–H and O–H groups in total. The van der Waals surface area contributed by atoms with Crippen molar-refractivity contribution < 1.29 is 4.79 Å². The van der Waals surface area contributed by atoms with Gasteiger partial charge in [-0.2, -0.15) is 5.26 Å². The molecular weight excluding hydrogens is 146 g/mol. The Kier molecular flexibility index (Phi) is 2.11. The molecule has 0 amide bonds. The molecule has 0 saturated heterocycles. The number of carbonyl (C=O) groups excluding carboxylic acids is 1. The summed E-state index contributed by atoms with van der Waals surface area (Å²) in [5.74, 6) is 0. The highest BCUT2D eigenvalue weighted by Gasteiger charge is 2.06. The van der Waals surface area contributed by atoms with Crippen molar-refractivity contribution in [2.45, 2.75) is 0 Å². The Labute approximate surface area is 62.5 Å². The number of rotatable bonds is 1. The fourth-order valence-electron chi connectivity index (χ4n) is 0.554. The van der Waals surface area contributed by atoms with Crippen molar-refractivity contribution in [1.29, 1.82) is 5.26 Å². The molecule has 0 spiro atoms. The molecule has 0 aromatic rings. The van der Waals surface area contributed by atoms with E-state index in [1.165, 1.54) is 0 Å². The summed E-state index contributed by atoms with van der Waals surface area (Å²) in [7, 11) is 0. The summed E-state index contributed by atoms with van der Waals surface area (Å²) in [6, 6.07) is 0. The Balaban J connectivity index is 2.69. The number of nitrogens with zero attached hydrogens (tertiary/aromatic N) is 1. The largest absolute Gasteiger partial charge is 0.280 e. The number of carbonyl (C=O) groups is 1. The second-order valence-electron chi connectivity index (χ2n) is 1.56. The van der Waals surface area contributed by atoms with Crippen molar-refractivity contribution in [2.75, 3.05) is 0 Å². The number of thioether (sulfide) groups is 1. The van der Waals surface area contributed by atoms with E-state index in [9.17, 15) is 4.79 Å². The van der Waals surface area contributed by atoms with E-state index in [0.29, 0.717) is 17.3 Å². The van der Waals surface area contributed by atoms with Gasteiger partial charge in [-0.3, -0.25) is 4.79 Å². The average molecular weight is 149 g/mol. The van der Waals surface area contributed by atoms with Gasteiger partial charge in [0, 0.05) is 11.8 Å². The molecule has 1 aliphatic rings.